The Labute approximate surface area is 317 Å². The minimum atomic E-state index is -0.976. The first-order valence-electron chi connectivity index (χ1n) is 18.5. The Morgan fingerprint density at radius 2 is 1.31 bits per heavy atom. The summed E-state index contributed by atoms with van der Waals surface area (Å²) in [4.78, 5) is 11.8. The van der Waals surface area contributed by atoms with Crippen molar-refractivity contribution in [1.29, 1.82) is 0 Å². The van der Waals surface area contributed by atoms with Gasteiger partial charge in [-0.2, -0.15) is 0 Å². The lowest BCUT2D eigenvalue weighted by atomic mass is 9.96. The SMILES string of the molecule is COC(=O)CCC[C@@H](O)[C@@H](OCc1ccccc1)[C@@H](N)CO[C@H]1OC2COC(c3ccccc3)O[C@@H]2C(OCc2ccccc2)C1OCc1ccccc1. The van der Waals surface area contributed by atoms with Gasteiger partial charge < -0.3 is 48.7 Å². The van der Waals surface area contributed by atoms with Crippen LogP contribution < -0.4 is 5.73 Å². The van der Waals surface area contributed by atoms with Gasteiger partial charge in [0.25, 0.3) is 0 Å². The molecule has 2 aliphatic rings. The van der Waals surface area contributed by atoms with Crippen LogP contribution in [0.5, 0.6) is 0 Å². The highest BCUT2D eigenvalue weighted by Crippen LogP contribution is 2.37. The number of aliphatic hydroxyl groups is 1. The Morgan fingerprint density at radius 1 is 0.759 bits per heavy atom. The van der Waals surface area contributed by atoms with Crippen LogP contribution >= 0.6 is 0 Å². The van der Waals surface area contributed by atoms with E-state index in [0.29, 0.717) is 13.0 Å². The third-order valence-corrected chi connectivity index (χ3v) is 9.57. The summed E-state index contributed by atoms with van der Waals surface area (Å²) >= 11 is 0. The quantitative estimate of drug-likeness (QED) is 0.116. The molecule has 9 atom stereocenters. The van der Waals surface area contributed by atoms with E-state index in [1.807, 2.05) is 121 Å². The standard InChI is InChI=1S/C43H51NO10/c1-47-37(46)24-14-23-35(45)38(48-25-30-15-6-2-7-16-30)34(44)28-51-43-41(50-27-32-19-10-4-11-20-32)40(49-26-31-17-8-3-9-18-31)39-36(53-43)29-52-42(54-39)33-21-12-5-13-22-33/h2-13,15-22,34-36,38-43,45H,14,23-29,44H2,1H3/t34-,35+,36?,38-,39-,40?,41?,42?,43-/m0/s1. The number of rotatable bonds is 19. The van der Waals surface area contributed by atoms with E-state index in [9.17, 15) is 9.90 Å². The fourth-order valence-electron chi connectivity index (χ4n) is 6.67. The number of ether oxygens (including phenoxy) is 8. The summed E-state index contributed by atoms with van der Waals surface area (Å²) in [5, 5.41) is 11.3. The number of aliphatic hydroxyl groups excluding tert-OH is 1. The third-order valence-electron chi connectivity index (χ3n) is 9.57. The van der Waals surface area contributed by atoms with Gasteiger partial charge in [0, 0.05) is 12.0 Å². The van der Waals surface area contributed by atoms with Gasteiger partial charge in [-0.15, -0.1) is 0 Å². The predicted octanol–water partition coefficient (Wildman–Crippen LogP) is 5.63. The second-order valence-corrected chi connectivity index (χ2v) is 13.5. The van der Waals surface area contributed by atoms with Gasteiger partial charge in [-0.25, -0.2) is 0 Å². The maximum absolute atomic E-state index is 11.8. The van der Waals surface area contributed by atoms with Crippen molar-refractivity contribution in [2.24, 2.45) is 5.73 Å². The highest BCUT2D eigenvalue weighted by Gasteiger charge is 2.52. The maximum atomic E-state index is 11.8. The first kappa shape index (κ1) is 39.7. The lowest BCUT2D eigenvalue weighted by molar-refractivity contribution is -0.373. The molecule has 11 heteroatoms. The monoisotopic (exact) mass is 741 g/mol. The van der Waals surface area contributed by atoms with Crippen molar-refractivity contribution >= 4 is 5.97 Å². The summed E-state index contributed by atoms with van der Waals surface area (Å²) in [6.45, 7) is 0.991. The van der Waals surface area contributed by atoms with Gasteiger partial charge in [0.05, 0.1) is 52.3 Å². The molecule has 288 valence electrons. The molecule has 54 heavy (non-hydrogen) atoms. The lowest BCUT2D eigenvalue weighted by Gasteiger charge is -2.49. The highest BCUT2D eigenvalue weighted by molar-refractivity contribution is 5.69. The molecule has 2 aliphatic heterocycles. The first-order chi connectivity index (χ1) is 26.5. The Balaban J connectivity index is 1.22. The summed E-state index contributed by atoms with van der Waals surface area (Å²) < 4.78 is 50.3. The molecule has 0 amide bonds. The zero-order chi connectivity index (χ0) is 37.5. The Kier molecular flexibility index (Phi) is 15.1. The fraction of sp³-hybridized carbons (Fsp3) is 0.419. The van der Waals surface area contributed by atoms with Gasteiger partial charge in [0.15, 0.2) is 12.6 Å². The van der Waals surface area contributed by atoms with E-state index in [0.717, 1.165) is 22.3 Å². The summed E-state index contributed by atoms with van der Waals surface area (Å²) in [6, 6.07) is 38.4. The Hall–Kier alpha value is -4.01. The van der Waals surface area contributed by atoms with E-state index >= 15 is 0 Å². The normalized spacial score (nSPS) is 24.2. The van der Waals surface area contributed by atoms with Crippen LogP contribution in [0, 0.1) is 0 Å². The smallest absolute Gasteiger partial charge is 0.305 e. The van der Waals surface area contributed by atoms with Crippen molar-refractivity contribution in [2.45, 2.75) is 94.3 Å². The number of nitrogens with two attached hydrogens (primary N) is 1. The number of hydrogen-bond acceptors (Lipinski definition) is 11. The van der Waals surface area contributed by atoms with Crippen LogP contribution in [0.4, 0.5) is 0 Å². The van der Waals surface area contributed by atoms with E-state index in [4.69, 9.17) is 43.6 Å². The van der Waals surface area contributed by atoms with Crippen LogP contribution in [0.2, 0.25) is 0 Å². The molecule has 2 heterocycles. The maximum Gasteiger partial charge on any atom is 0.305 e. The average Bonchev–Trinajstić information content (AvgIpc) is 3.22. The number of carbonyl (C=O) groups is 1. The minimum Gasteiger partial charge on any atom is -0.469 e. The molecule has 0 spiro atoms. The Bertz CT molecular complexity index is 1650. The van der Waals surface area contributed by atoms with Crippen molar-refractivity contribution < 1.29 is 47.8 Å². The lowest BCUT2D eigenvalue weighted by Crippen LogP contribution is -2.64. The van der Waals surface area contributed by atoms with Crippen LogP contribution in [0.3, 0.4) is 0 Å². The van der Waals surface area contributed by atoms with Gasteiger partial charge >= 0.3 is 5.97 Å². The van der Waals surface area contributed by atoms with Crippen molar-refractivity contribution in [3.05, 3.63) is 144 Å². The average molecular weight is 742 g/mol. The number of hydrogen-bond donors (Lipinski definition) is 2. The zero-order valence-electron chi connectivity index (χ0n) is 30.6. The second-order valence-electron chi connectivity index (χ2n) is 13.5. The predicted molar refractivity (Wildman–Crippen MR) is 200 cm³/mol. The van der Waals surface area contributed by atoms with Gasteiger partial charge in [0.2, 0.25) is 0 Å². The van der Waals surface area contributed by atoms with Gasteiger partial charge in [0.1, 0.15) is 30.5 Å². The van der Waals surface area contributed by atoms with Crippen molar-refractivity contribution in [2.75, 3.05) is 20.3 Å². The van der Waals surface area contributed by atoms with E-state index < -0.39 is 55.2 Å². The van der Waals surface area contributed by atoms with Gasteiger partial charge in [-0.05, 0) is 29.5 Å². The van der Waals surface area contributed by atoms with Crippen LogP contribution in [-0.4, -0.2) is 80.4 Å². The number of fused-ring (bicyclic) bond motifs is 1. The first-order valence-corrected chi connectivity index (χ1v) is 18.5. The van der Waals surface area contributed by atoms with E-state index in [-0.39, 0.29) is 45.2 Å². The third kappa shape index (κ3) is 11.3. The molecule has 0 radical (unpaired) electrons. The molecular formula is C43H51NO10. The Morgan fingerprint density at radius 3 is 1.91 bits per heavy atom. The molecular weight excluding hydrogens is 690 g/mol. The molecule has 4 unspecified atom stereocenters. The van der Waals surface area contributed by atoms with Crippen molar-refractivity contribution in [3.8, 4) is 0 Å². The summed E-state index contributed by atoms with van der Waals surface area (Å²) in [5.74, 6) is -0.347. The summed E-state index contributed by atoms with van der Waals surface area (Å²) in [5.41, 5.74) is 10.5. The van der Waals surface area contributed by atoms with Crippen LogP contribution in [0.15, 0.2) is 121 Å². The van der Waals surface area contributed by atoms with E-state index in [1.165, 1.54) is 7.11 Å². The van der Waals surface area contributed by atoms with Crippen molar-refractivity contribution in [1.82, 2.24) is 0 Å². The molecule has 4 aromatic rings. The molecule has 4 aromatic carbocycles. The van der Waals surface area contributed by atoms with Crippen molar-refractivity contribution in [3.63, 3.8) is 0 Å². The zero-order valence-corrected chi connectivity index (χ0v) is 30.6. The largest absolute Gasteiger partial charge is 0.469 e. The summed E-state index contributed by atoms with van der Waals surface area (Å²) in [6.07, 6.45) is -4.97. The molecule has 11 nitrogen and oxygen atoms in total. The molecule has 0 aromatic heterocycles. The van der Waals surface area contributed by atoms with Crippen LogP contribution in [0.25, 0.3) is 0 Å². The van der Waals surface area contributed by atoms with Crippen LogP contribution in [0.1, 0.15) is 47.8 Å². The molecule has 6 rings (SSSR count). The molecule has 2 saturated heterocycles. The molecule has 3 N–H and O–H groups in total. The van der Waals surface area contributed by atoms with E-state index in [1.54, 1.807) is 0 Å². The second kappa shape index (κ2) is 20.6. The van der Waals surface area contributed by atoms with Gasteiger partial charge in [-0.1, -0.05) is 121 Å². The minimum absolute atomic E-state index is 0.0411. The molecule has 0 aliphatic carbocycles. The highest BCUT2D eigenvalue weighted by atomic mass is 16.8. The van der Waals surface area contributed by atoms with E-state index in [2.05, 4.69) is 0 Å². The number of carbonyl (C=O) groups excluding carboxylic acids is 1. The molecule has 2 fully saturated rings. The summed E-state index contributed by atoms with van der Waals surface area (Å²) in [7, 11) is 1.34. The molecule has 0 saturated carbocycles. The molecule has 0 bridgehead atoms. The fourth-order valence-corrected chi connectivity index (χ4v) is 6.67. The topological polar surface area (TPSA) is 137 Å². The number of esters is 1. The number of methoxy groups -OCH3 is 1. The van der Waals surface area contributed by atoms with Gasteiger partial charge in [-0.3, -0.25) is 4.79 Å². The van der Waals surface area contributed by atoms with Crippen LogP contribution in [-0.2, 0) is 62.5 Å². The number of benzene rings is 4.